The lowest BCUT2D eigenvalue weighted by atomic mass is 9.72. The summed E-state index contributed by atoms with van der Waals surface area (Å²) in [6, 6.07) is 9.24. The van der Waals surface area contributed by atoms with E-state index in [1.54, 1.807) is 31.2 Å². The number of benzene rings is 1. The summed E-state index contributed by atoms with van der Waals surface area (Å²) >= 11 is 7.49. The van der Waals surface area contributed by atoms with E-state index in [1.165, 1.54) is 16.2 Å². The predicted octanol–water partition coefficient (Wildman–Crippen LogP) is 5.83. The molecule has 1 heterocycles. The molecule has 0 radical (unpaired) electrons. The average molecular weight is 417 g/mol. The quantitative estimate of drug-likeness (QED) is 0.681. The van der Waals surface area contributed by atoms with Crippen LogP contribution in [-0.4, -0.2) is 12.0 Å². The van der Waals surface area contributed by atoms with Crippen LogP contribution in [0.1, 0.15) is 50.1 Å². The number of thiophene rings is 1. The van der Waals surface area contributed by atoms with Gasteiger partial charge in [-0.3, -0.25) is 4.79 Å². The Balaban J connectivity index is 1.75. The van der Waals surface area contributed by atoms with E-state index in [4.69, 9.17) is 16.3 Å². The van der Waals surface area contributed by atoms with Crippen molar-refractivity contribution in [2.75, 3.05) is 5.32 Å². The van der Waals surface area contributed by atoms with Crippen LogP contribution in [0, 0.1) is 22.7 Å². The second-order valence-corrected chi connectivity index (χ2v) is 9.87. The van der Waals surface area contributed by atoms with Gasteiger partial charge in [-0.1, -0.05) is 38.4 Å². The van der Waals surface area contributed by atoms with E-state index in [1.807, 2.05) is 0 Å². The number of carbonyl (C=O) groups is 1. The highest BCUT2D eigenvalue weighted by Gasteiger charge is 2.32. The zero-order valence-electron chi connectivity index (χ0n) is 16.6. The van der Waals surface area contributed by atoms with Gasteiger partial charge >= 0.3 is 0 Å². The third kappa shape index (κ3) is 4.51. The lowest BCUT2D eigenvalue weighted by molar-refractivity contribution is -0.122. The number of nitrogens with one attached hydrogen (secondary N) is 1. The number of nitrogens with zero attached hydrogens (tertiary/aromatic N) is 1. The Kier molecular flexibility index (Phi) is 6.02. The lowest BCUT2D eigenvalue weighted by Crippen LogP contribution is -2.30. The topological polar surface area (TPSA) is 62.1 Å². The zero-order valence-corrected chi connectivity index (χ0v) is 18.2. The minimum absolute atomic E-state index is 0.233. The third-order valence-corrected chi connectivity index (χ3v) is 6.72. The van der Waals surface area contributed by atoms with Crippen LogP contribution >= 0.6 is 22.9 Å². The second-order valence-electron chi connectivity index (χ2n) is 8.33. The molecule has 148 valence electrons. The molecule has 28 heavy (non-hydrogen) atoms. The zero-order chi connectivity index (χ0) is 20.5. The number of hydrogen-bond donors (Lipinski definition) is 1. The van der Waals surface area contributed by atoms with Crippen molar-refractivity contribution in [3.05, 3.63) is 45.3 Å². The largest absolute Gasteiger partial charge is 0.481 e. The standard InChI is InChI=1S/C22H25ClN2O2S/c1-13(27-16-7-5-6-15(23)11-16)20(26)25-21-18(12-24)17-9-8-14(22(2,3)4)10-19(17)28-21/h5-7,11,13-14H,8-10H2,1-4H3,(H,25,26)/t13-,14+/m0/s1. The SMILES string of the molecule is C[C@H](Oc1cccc(Cl)c1)C(=O)Nc1sc2c(c1C#N)CC[C@@H](C(C)(C)C)C2. The first-order valence-corrected chi connectivity index (χ1v) is 10.7. The van der Waals surface area contributed by atoms with Gasteiger partial charge < -0.3 is 10.1 Å². The number of nitriles is 1. The highest BCUT2D eigenvalue weighted by molar-refractivity contribution is 7.16. The molecule has 1 aromatic heterocycles. The van der Waals surface area contributed by atoms with Crippen LogP contribution in [0.25, 0.3) is 0 Å². The third-order valence-electron chi connectivity index (χ3n) is 5.32. The first-order chi connectivity index (χ1) is 13.2. The number of amides is 1. The molecular weight excluding hydrogens is 392 g/mol. The maximum Gasteiger partial charge on any atom is 0.265 e. The van der Waals surface area contributed by atoms with Gasteiger partial charge in [0.05, 0.1) is 5.56 Å². The van der Waals surface area contributed by atoms with Gasteiger partial charge in [0.1, 0.15) is 16.8 Å². The van der Waals surface area contributed by atoms with Gasteiger partial charge in [-0.15, -0.1) is 11.3 Å². The van der Waals surface area contributed by atoms with Crippen LogP contribution in [0.2, 0.25) is 5.02 Å². The van der Waals surface area contributed by atoms with E-state index in [-0.39, 0.29) is 11.3 Å². The number of carbonyl (C=O) groups excluding carboxylic acids is 1. The van der Waals surface area contributed by atoms with Crippen molar-refractivity contribution in [3.8, 4) is 11.8 Å². The Morgan fingerprint density at radius 1 is 1.43 bits per heavy atom. The van der Waals surface area contributed by atoms with Crippen LogP contribution < -0.4 is 10.1 Å². The Labute approximate surface area is 175 Å². The first kappa shape index (κ1) is 20.7. The van der Waals surface area contributed by atoms with Gasteiger partial charge in [-0.05, 0) is 61.3 Å². The molecule has 3 rings (SSSR count). The van der Waals surface area contributed by atoms with Crippen molar-refractivity contribution in [2.24, 2.45) is 11.3 Å². The predicted molar refractivity (Wildman–Crippen MR) is 114 cm³/mol. The molecule has 4 nitrogen and oxygen atoms in total. The van der Waals surface area contributed by atoms with Gasteiger partial charge in [0.25, 0.3) is 5.91 Å². The maximum absolute atomic E-state index is 12.6. The van der Waals surface area contributed by atoms with Crippen molar-refractivity contribution < 1.29 is 9.53 Å². The molecule has 0 saturated heterocycles. The number of halogens is 1. The molecule has 1 amide bonds. The van der Waals surface area contributed by atoms with Crippen molar-refractivity contribution in [1.82, 2.24) is 0 Å². The van der Waals surface area contributed by atoms with Gasteiger partial charge in [0.15, 0.2) is 6.10 Å². The van der Waals surface area contributed by atoms with E-state index in [0.717, 1.165) is 24.8 Å². The minimum Gasteiger partial charge on any atom is -0.481 e. The van der Waals surface area contributed by atoms with Crippen molar-refractivity contribution >= 4 is 33.8 Å². The average Bonchev–Trinajstić information content (AvgIpc) is 2.97. The number of hydrogen-bond acceptors (Lipinski definition) is 4. The highest BCUT2D eigenvalue weighted by Crippen LogP contribution is 2.44. The number of ether oxygens (including phenoxy) is 1. The molecule has 6 heteroatoms. The molecule has 0 spiro atoms. The summed E-state index contributed by atoms with van der Waals surface area (Å²) in [5, 5.41) is 13.8. The van der Waals surface area contributed by atoms with Gasteiger partial charge in [0, 0.05) is 9.90 Å². The molecule has 0 aliphatic heterocycles. The van der Waals surface area contributed by atoms with Crippen LogP contribution in [0.15, 0.2) is 24.3 Å². The Morgan fingerprint density at radius 2 is 2.18 bits per heavy atom. The summed E-state index contributed by atoms with van der Waals surface area (Å²) in [4.78, 5) is 13.9. The smallest absolute Gasteiger partial charge is 0.265 e. The number of rotatable bonds is 4. The fraction of sp³-hybridized carbons (Fsp3) is 0.455. The Hall–Kier alpha value is -2.03. The molecule has 0 unspecified atom stereocenters. The fourth-order valence-electron chi connectivity index (χ4n) is 3.54. The molecule has 2 aromatic rings. The molecule has 1 aliphatic carbocycles. The Morgan fingerprint density at radius 3 is 2.82 bits per heavy atom. The van der Waals surface area contributed by atoms with Crippen molar-refractivity contribution in [2.45, 2.75) is 53.1 Å². The molecule has 2 atom stereocenters. The van der Waals surface area contributed by atoms with Crippen LogP contribution in [0.4, 0.5) is 5.00 Å². The lowest BCUT2D eigenvalue weighted by Gasteiger charge is -2.33. The normalized spacial score (nSPS) is 17.4. The van der Waals surface area contributed by atoms with E-state index in [9.17, 15) is 10.1 Å². The van der Waals surface area contributed by atoms with Crippen LogP contribution in [0.3, 0.4) is 0 Å². The monoisotopic (exact) mass is 416 g/mol. The minimum atomic E-state index is -0.702. The van der Waals surface area contributed by atoms with E-state index in [2.05, 4.69) is 32.2 Å². The van der Waals surface area contributed by atoms with E-state index >= 15 is 0 Å². The summed E-state index contributed by atoms with van der Waals surface area (Å²) in [7, 11) is 0. The molecule has 0 fully saturated rings. The molecule has 1 N–H and O–H groups in total. The van der Waals surface area contributed by atoms with Crippen molar-refractivity contribution in [1.29, 1.82) is 5.26 Å². The number of fused-ring (bicyclic) bond motifs is 1. The molecule has 0 bridgehead atoms. The molecular formula is C22H25ClN2O2S. The molecule has 1 aromatic carbocycles. The summed E-state index contributed by atoms with van der Waals surface area (Å²) in [6.07, 6.45) is 2.22. The summed E-state index contributed by atoms with van der Waals surface area (Å²) in [5.74, 6) is 0.843. The summed E-state index contributed by atoms with van der Waals surface area (Å²) < 4.78 is 5.69. The Bertz CT molecular complexity index is 924. The second kappa shape index (κ2) is 8.14. The highest BCUT2D eigenvalue weighted by atomic mass is 35.5. The molecule has 1 aliphatic rings. The number of anilines is 1. The fourth-order valence-corrected chi connectivity index (χ4v) is 5.00. The van der Waals surface area contributed by atoms with E-state index in [0.29, 0.717) is 27.3 Å². The summed E-state index contributed by atoms with van der Waals surface area (Å²) in [6.45, 7) is 8.47. The van der Waals surface area contributed by atoms with Crippen LogP contribution in [-0.2, 0) is 17.6 Å². The van der Waals surface area contributed by atoms with Gasteiger partial charge in [-0.2, -0.15) is 5.26 Å². The van der Waals surface area contributed by atoms with Gasteiger partial charge in [-0.25, -0.2) is 0 Å². The van der Waals surface area contributed by atoms with Gasteiger partial charge in [0.2, 0.25) is 0 Å². The van der Waals surface area contributed by atoms with Crippen LogP contribution in [0.5, 0.6) is 5.75 Å². The van der Waals surface area contributed by atoms with Crippen molar-refractivity contribution in [3.63, 3.8) is 0 Å². The summed E-state index contributed by atoms with van der Waals surface area (Å²) in [5.41, 5.74) is 1.94. The first-order valence-electron chi connectivity index (χ1n) is 9.46. The maximum atomic E-state index is 12.6. The molecule has 0 saturated carbocycles. The van der Waals surface area contributed by atoms with E-state index < -0.39 is 6.10 Å².